The fourth-order valence-electron chi connectivity index (χ4n) is 2.80. The predicted molar refractivity (Wildman–Crippen MR) is 83.0 cm³/mol. The van der Waals surface area contributed by atoms with Crippen LogP contribution < -0.4 is 0 Å². The highest BCUT2D eigenvalue weighted by Gasteiger charge is 2.30. The van der Waals surface area contributed by atoms with Gasteiger partial charge in [-0.2, -0.15) is 0 Å². The third-order valence-corrected chi connectivity index (χ3v) is 4.03. The van der Waals surface area contributed by atoms with E-state index in [1.165, 1.54) is 5.56 Å². The Labute approximate surface area is 122 Å². The maximum absolute atomic E-state index is 12.7. The predicted octanol–water partition coefficient (Wildman–Crippen LogP) is 4.46. The molecule has 2 unspecified atom stereocenters. The molecule has 0 aliphatic heterocycles. The van der Waals surface area contributed by atoms with Gasteiger partial charge in [-0.1, -0.05) is 51.5 Å². The highest BCUT2D eigenvalue weighted by atomic mass is 16.1. The third-order valence-electron chi connectivity index (χ3n) is 4.03. The van der Waals surface area contributed by atoms with Gasteiger partial charge < -0.3 is 0 Å². The van der Waals surface area contributed by atoms with Gasteiger partial charge in [0.1, 0.15) is 5.78 Å². The van der Waals surface area contributed by atoms with E-state index in [0.29, 0.717) is 0 Å². The molecule has 110 valence electrons. The van der Waals surface area contributed by atoms with Gasteiger partial charge in [0.15, 0.2) is 5.78 Å². The minimum atomic E-state index is -0.171. The normalized spacial score (nSPS) is 13.8. The Morgan fingerprint density at radius 2 is 1.60 bits per heavy atom. The zero-order chi connectivity index (χ0) is 15.1. The van der Waals surface area contributed by atoms with Gasteiger partial charge in [-0.25, -0.2) is 0 Å². The van der Waals surface area contributed by atoms with Crippen molar-refractivity contribution in [1.29, 1.82) is 0 Å². The fraction of sp³-hybridized carbons (Fsp3) is 0.556. The number of benzene rings is 1. The minimum absolute atomic E-state index is 0.122. The lowest BCUT2D eigenvalue weighted by atomic mass is 9.79. The first kappa shape index (κ1) is 16.6. The summed E-state index contributed by atoms with van der Waals surface area (Å²) in [5, 5.41) is 0. The second kappa shape index (κ2) is 7.98. The van der Waals surface area contributed by atoms with Crippen LogP contribution >= 0.6 is 0 Å². The van der Waals surface area contributed by atoms with Crippen molar-refractivity contribution >= 4 is 11.6 Å². The molecule has 0 spiro atoms. The Bertz CT molecular complexity index is 445. The molecule has 1 aromatic rings. The molecule has 2 heteroatoms. The average molecular weight is 274 g/mol. The van der Waals surface area contributed by atoms with Crippen LogP contribution in [-0.2, 0) is 11.2 Å². The van der Waals surface area contributed by atoms with E-state index in [2.05, 4.69) is 13.8 Å². The molecule has 0 aliphatic carbocycles. The van der Waals surface area contributed by atoms with Gasteiger partial charge in [0, 0.05) is 17.4 Å². The molecule has 20 heavy (non-hydrogen) atoms. The minimum Gasteiger partial charge on any atom is -0.300 e. The topological polar surface area (TPSA) is 34.1 Å². The summed E-state index contributed by atoms with van der Waals surface area (Å²) in [4.78, 5) is 24.5. The summed E-state index contributed by atoms with van der Waals surface area (Å²) in [6, 6.07) is 7.81. The lowest BCUT2D eigenvalue weighted by Gasteiger charge is -2.22. The molecule has 0 saturated carbocycles. The largest absolute Gasteiger partial charge is 0.300 e. The van der Waals surface area contributed by atoms with Crippen molar-refractivity contribution in [2.75, 3.05) is 0 Å². The van der Waals surface area contributed by atoms with Crippen LogP contribution in [0.3, 0.4) is 0 Å². The highest BCUT2D eigenvalue weighted by Crippen LogP contribution is 2.26. The van der Waals surface area contributed by atoms with Crippen LogP contribution in [0.15, 0.2) is 24.3 Å². The van der Waals surface area contributed by atoms with Crippen LogP contribution in [0.1, 0.15) is 62.9 Å². The Hall–Kier alpha value is -1.44. The van der Waals surface area contributed by atoms with E-state index in [0.717, 1.165) is 31.2 Å². The zero-order valence-corrected chi connectivity index (χ0v) is 13.1. The molecular formula is C18H26O2. The Morgan fingerprint density at radius 3 is 2.00 bits per heavy atom. The van der Waals surface area contributed by atoms with Gasteiger partial charge >= 0.3 is 0 Å². The Kier molecular flexibility index (Phi) is 6.63. The van der Waals surface area contributed by atoms with Crippen LogP contribution in [0.4, 0.5) is 0 Å². The summed E-state index contributed by atoms with van der Waals surface area (Å²) in [6.07, 6.45) is 3.41. The van der Waals surface area contributed by atoms with Crippen molar-refractivity contribution in [3.05, 3.63) is 35.4 Å². The number of aryl methyl sites for hydroxylation is 1. The van der Waals surface area contributed by atoms with Gasteiger partial charge in [-0.05, 0) is 31.7 Å². The van der Waals surface area contributed by atoms with E-state index in [-0.39, 0.29) is 23.4 Å². The Morgan fingerprint density at radius 1 is 1.00 bits per heavy atom. The van der Waals surface area contributed by atoms with Crippen molar-refractivity contribution in [1.82, 2.24) is 0 Å². The van der Waals surface area contributed by atoms with E-state index in [1.54, 1.807) is 6.92 Å². The third kappa shape index (κ3) is 4.03. The molecule has 0 radical (unpaired) electrons. The quantitative estimate of drug-likeness (QED) is 0.656. The SMILES string of the molecule is CCCC(C(=O)c1ccc(CC)cc1)C(CC)C(C)=O. The molecule has 1 aromatic carbocycles. The maximum Gasteiger partial charge on any atom is 0.166 e. The van der Waals surface area contributed by atoms with Gasteiger partial charge in [-0.3, -0.25) is 9.59 Å². The number of hydrogen-bond acceptors (Lipinski definition) is 2. The summed E-state index contributed by atoms with van der Waals surface area (Å²) < 4.78 is 0. The van der Waals surface area contributed by atoms with Crippen LogP contribution in [0.2, 0.25) is 0 Å². The smallest absolute Gasteiger partial charge is 0.166 e. The summed E-state index contributed by atoms with van der Waals surface area (Å²) in [7, 11) is 0. The maximum atomic E-state index is 12.7. The zero-order valence-electron chi connectivity index (χ0n) is 13.1. The molecule has 0 bridgehead atoms. The standard InChI is InChI=1S/C18H26O2/c1-5-8-17(16(7-3)13(4)19)18(20)15-11-9-14(6-2)10-12-15/h9-12,16-17H,5-8H2,1-4H3. The summed E-state index contributed by atoms with van der Waals surface area (Å²) >= 11 is 0. The molecule has 0 heterocycles. The lowest BCUT2D eigenvalue weighted by molar-refractivity contribution is -0.122. The van der Waals surface area contributed by atoms with Gasteiger partial charge in [0.05, 0.1) is 0 Å². The van der Waals surface area contributed by atoms with Crippen LogP contribution in [0.25, 0.3) is 0 Å². The number of ketones is 2. The number of hydrogen-bond donors (Lipinski definition) is 0. The monoisotopic (exact) mass is 274 g/mol. The number of carbonyl (C=O) groups is 2. The number of Topliss-reactive ketones (excluding diaryl/α,β-unsaturated/α-hetero) is 2. The van der Waals surface area contributed by atoms with Crippen LogP contribution in [-0.4, -0.2) is 11.6 Å². The van der Waals surface area contributed by atoms with E-state index < -0.39 is 0 Å². The summed E-state index contributed by atoms with van der Waals surface area (Å²) in [5.74, 6) is -0.0655. The van der Waals surface area contributed by atoms with Crippen molar-refractivity contribution in [2.24, 2.45) is 11.8 Å². The van der Waals surface area contributed by atoms with Gasteiger partial charge in [0.2, 0.25) is 0 Å². The first-order chi connectivity index (χ1) is 9.54. The van der Waals surface area contributed by atoms with Crippen molar-refractivity contribution in [3.63, 3.8) is 0 Å². The van der Waals surface area contributed by atoms with E-state index >= 15 is 0 Å². The van der Waals surface area contributed by atoms with Gasteiger partial charge in [-0.15, -0.1) is 0 Å². The molecule has 0 aromatic heterocycles. The number of rotatable bonds is 8. The summed E-state index contributed by atoms with van der Waals surface area (Å²) in [6.45, 7) is 7.75. The first-order valence-corrected chi connectivity index (χ1v) is 7.68. The molecule has 2 nitrogen and oxygen atoms in total. The molecule has 0 saturated heterocycles. The fourth-order valence-corrected chi connectivity index (χ4v) is 2.80. The second-order valence-electron chi connectivity index (χ2n) is 5.44. The van der Waals surface area contributed by atoms with E-state index in [1.807, 2.05) is 31.2 Å². The second-order valence-corrected chi connectivity index (χ2v) is 5.44. The molecule has 0 amide bonds. The van der Waals surface area contributed by atoms with E-state index in [4.69, 9.17) is 0 Å². The molecule has 1 rings (SSSR count). The first-order valence-electron chi connectivity index (χ1n) is 7.68. The lowest BCUT2D eigenvalue weighted by Crippen LogP contribution is -2.28. The van der Waals surface area contributed by atoms with E-state index in [9.17, 15) is 9.59 Å². The van der Waals surface area contributed by atoms with Crippen molar-refractivity contribution in [2.45, 2.75) is 53.4 Å². The van der Waals surface area contributed by atoms with Crippen LogP contribution in [0, 0.1) is 11.8 Å². The molecule has 2 atom stereocenters. The molecule has 0 aliphatic rings. The van der Waals surface area contributed by atoms with Crippen molar-refractivity contribution < 1.29 is 9.59 Å². The Balaban J connectivity index is 3.00. The number of carbonyl (C=O) groups excluding carboxylic acids is 2. The van der Waals surface area contributed by atoms with Crippen LogP contribution in [0.5, 0.6) is 0 Å². The van der Waals surface area contributed by atoms with Gasteiger partial charge in [0.25, 0.3) is 0 Å². The summed E-state index contributed by atoms with van der Waals surface area (Å²) in [5.41, 5.74) is 1.97. The average Bonchev–Trinajstić information content (AvgIpc) is 2.46. The molecule has 0 N–H and O–H groups in total. The molecule has 0 fully saturated rings. The highest BCUT2D eigenvalue weighted by molar-refractivity contribution is 6.00. The van der Waals surface area contributed by atoms with Crippen molar-refractivity contribution in [3.8, 4) is 0 Å². The molecular weight excluding hydrogens is 248 g/mol.